The van der Waals surface area contributed by atoms with E-state index in [9.17, 15) is 4.79 Å². The van der Waals surface area contributed by atoms with E-state index in [2.05, 4.69) is 25.7 Å². The first-order valence-electron chi connectivity index (χ1n) is 7.16. The number of pyridine rings is 1. The number of nitrogens with zero attached hydrogens (tertiary/aromatic N) is 5. The highest BCUT2D eigenvalue weighted by Crippen LogP contribution is 2.21. The number of hydrogen-bond donors (Lipinski definition) is 1. The predicted octanol–water partition coefficient (Wildman–Crippen LogP) is 0.740. The molecule has 23 heavy (non-hydrogen) atoms. The van der Waals surface area contributed by atoms with Crippen molar-refractivity contribution >= 4 is 11.6 Å². The minimum Gasteiger partial charge on any atom is -0.372 e. The Balaban J connectivity index is 1.83. The first-order valence-corrected chi connectivity index (χ1v) is 7.16. The summed E-state index contributed by atoms with van der Waals surface area (Å²) >= 11 is 0. The van der Waals surface area contributed by atoms with E-state index < -0.39 is 0 Å². The molecule has 0 atom stereocenters. The van der Waals surface area contributed by atoms with E-state index in [1.807, 2.05) is 25.3 Å². The van der Waals surface area contributed by atoms with Crippen LogP contribution in [-0.2, 0) is 16.1 Å². The van der Waals surface area contributed by atoms with Crippen molar-refractivity contribution in [3.8, 4) is 11.5 Å². The van der Waals surface area contributed by atoms with Gasteiger partial charge in [0.05, 0.1) is 12.1 Å². The van der Waals surface area contributed by atoms with E-state index >= 15 is 0 Å². The molecule has 0 aliphatic rings. The summed E-state index contributed by atoms with van der Waals surface area (Å²) in [5.41, 5.74) is 1.28. The Hall–Kier alpha value is -2.81. The van der Waals surface area contributed by atoms with Gasteiger partial charge in [-0.25, -0.2) is 0 Å². The molecule has 0 unspecified atom stereocenters. The molecule has 3 heterocycles. The monoisotopic (exact) mass is 316 g/mol. The molecule has 0 radical (unpaired) electrons. The second kappa shape index (κ2) is 6.53. The van der Waals surface area contributed by atoms with Gasteiger partial charge in [0.25, 0.3) is 5.89 Å². The van der Waals surface area contributed by atoms with Crippen LogP contribution in [0.2, 0.25) is 0 Å². The molecule has 0 aliphatic heterocycles. The zero-order valence-electron chi connectivity index (χ0n) is 12.8. The minimum absolute atomic E-state index is 0.0275. The first-order chi connectivity index (χ1) is 11.2. The highest BCUT2D eigenvalue weighted by molar-refractivity contribution is 5.77. The molecule has 9 nitrogen and oxygen atoms in total. The van der Waals surface area contributed by atoms with E-state index in [0.717, 1.165) is 0 Å². The summed E-state index contributed by atoms with van der Waals surface area (Å²) in [5, 5.41) is 14.8. The van der Waals surface area contributed by atoms with Gasteiger partial charge in [0.15, 0.2) is 17.3 Å². The standard InChI is InChI=1S/C14H16N6O3/c1-3-22-8-12(21)15-7-11-17-18-13-10(5-4-6-20(11)13)14-16-9(2)19-23-14/h4-6H,3,7-8H2,1-2H3,(H,15,21). The number of ether oxygens (including phenoxy) is 1. The molecule has 1 amide bonds. The molecule has 0 fully saturated rings. The molecular weight excluding hydrogens is 300 g/mol. The first kappa shape index (κ1) is 15.1. The number of aromatic nitrogens is 5. The van der Waals surface area contributed by atoms with E-state index in [1.54, 1.807) is 11.3 Å². The summed E-state index contributed by atoms with van der Waals surface area (Å²) in [6, 6.07) is 3.66. The quantitative estimate of drug-likeness (QED) is 0.714. The van der Waals surface area contributed by atoms with Gasteiger partial charge in [0, 0.05) is 12.8 Å². The maximum absolute atomic E-state index is 11.6. The summed E-state index contributed by atoms with van der Waals surface area (Å²) in [4.78, 5) is 15.8. The SMILES string of the molecule is CCOCC(=O)NCc1nnc2c(-c3nc(C)no3)cccn12. The average Bonchev–Trinajstić information content (AvgIpc) is 3.17. The lowest BCUT2D eigenvalue weighted by atomic mass is 10.2. The molecule has 1 N–H and O–H groups in total. The van der Waals surface area contributed by atoms with E-state index in [-0.39, 0.29) is 19.1 Å². The second-order valence-corrected chi connectivity index (χ2v) is 4.79. The van der Waals surface area contributed by atoms with Crippen molar-refractivity contribution in [3.05, 3.63) is 30.0 Å². The number of rotatable bonds is 6. The lowest BCUT2D eigenvalue weighted by molar-refractivity contribution is -0.125. The lowest BCUT2D eigenvalue weighted by Gasteiger charge is -2.04. The average molecular weight is 316 g/mol. The molecule has 0 bridgehead atoms. The fourth-order valence-corrected chi connectivity index (χ4v) is 2.08. The summed E-state index contributed by atoms with van der Waals surface area (Å²) in [5.74, 6) is 1.33. The highest BCUT2D eigenvalue weighted by Gasteiger charge is 2.15. The Morgan fingerprint density at radius 2 is 2.30 bits per heavy atom. The normalized spacial score (nSPS) is 11.0. The fraction of sp³-hybridized carbons (Fsp3) is 0.357. The molecule has 9 heteroatoms. The van der Waals surface area contributed by atoms with Gasteiger partial charge in [0.2, 0.25) is 5.91 Å². The second-order valence-electron chi connectivity index (χ2n) is 4.79. The van der Waals surface area contributed by atoms with Crippen LogP contribution < -0.4 is 5.32 Å². The van der Waals surface area contributed by atoms with Crippen LogP contribution in [-0.4, -0.2) is 43.9 Å². The van der Waals surface area contributed by atoms with Crippen LogP contribution in [0.1, 0.15) is 18.6 Å². The zero-order valence-corrected chi connectivity index (χ0v) is 12.8. The maximum atomic E-state index is 11.6. The van der Waals surface area contributed by atoms with Gasteiger partial charge in [-0.2, -0.15) is 4.98 Å². The Morgan fingerprint density at radius 1 is 1.43 bits per heavy atom. The van der Waals surface area contributed by atoms with Gasteiger partial charge in [-0.3, -0.25) is 9.20 Å². The Labute approximate surface area is 131 Å². The van der Waals surface area contributed by atoms with Crippen LogP contribution >= 0.6 is 0 Å². The summed E-state index contributed by atoms with van der Waals surface area (Å²) in [6.07, 6.45) is 1.81. The number of hydrogen-bond acceptors (Lipinski definition) is 7. The summed E-state index contributed by atoms with van der Waals surface area (Å²) in [7, 11) is 0. The minimum atomic E-state index is -0.202. The van der Waals surface area contributed by atoms with Crippen molar-refractivity contribution in [2.45, 2.75) is 20.4 Å². The number of carbonyl (C=O) groups is 1. The van der Waals surface area contributed by atoms with Gasteiger partial charge < -0.3 is 14.6 Å². The number of carbonyl (C=O) groups excluding carboxylic acids is 1. The Kier molecular flexibility index (Phi) is 4.29. The molecule has 0 saturated heterocycles. The van der Waals surface area contributed by atoms with Crippen LogP contribution in [0.3, 0.4) is 0 Å². The molecular formula is C14H16N6O3. The summed E-state index contributed by atoms with van der Waals surface area (Å²) in [6.45, 7) is 4.35. The van der Waals surface area contributed by atoms with Crippen molar-refractivity contribution in [3.63, 3.8) is 0 Å². The van der Waals surface area contributed by atoms with Gasteiger partial charge in [-0.15, -0.1) is 10.2 Å². The smallest absolute Gasteiger partial charge is 0.261 e. The molecule has 0 aromatic carbocycles. The fourth-order valence-electron chi connectivity index (χ4n) is 2.08. The van der Waals surface area contributed by atoms with Crippen molar-refractivity contribution in [1.29, 1.82) is 0 Å². The topological polar surface area (TPSA) is 107 Å². The molecule has 3 aromatic heterocycles. The van der Waals surface area contributed by atoms with Crippen molar-refractivity contribution in [2.24, 2.45) is 0 Å². The van der Waals surface area contributed by atoms with Crippen molar-refractivity contribution in [2.75, 3.05) is 13.2 Å². The maximum Gasteiger partial charge on any atom is 0.261 e. The number of amides is 1. The van der Waals surface area contributed by atoms with Crippen LogP contribution in [0.15, 0.2) is 22.9 Å². The van der Waals surface area contributed by atoms with E-state index in [0.29, 0.717) is 35.4 Å². The Morgan fingerprint density at radius 3 is 3.04 bits per heavy atom. The third kappa shape index (κ3) is 3.19. The molecule has 0 spiro atoms. The molecule has 0 aliphatic carbocycles. The highest BCUT2D eigenvalue weighted by atomic mass is 16.5. The predicted molar refractivity (Wildman–Crippen MR) is 79.4 cm³/mol. The van der Waals surface area contributed by atoms with Crippen molar-refractivity contribution in [1.82, 2.24) is 30.1 Å². The third-order valence-electron chi connectivity index (χ3n) is 3.14. The van der Waals surface area contributed by atoms with Crippen LogP contribution in [0.25, 0.3) is 17.1 Å². The third-order valence-corrected chi connectivity index (χ3v) is 3.14. The number of fused-ring (bicyclic) bond motifs is 1. The van der Waals surface area contributed by atoms with Crippen LogP contribution in [0.5, 0.6) is 0 Å². The number of nitrogens with one attached hydrogen (secondary N) is 1. The lowest BCUT2D eigenvalue weighted by Crippen LogP contribution is -2.27. The molecule has 120 valence electrons. The molecule has 3 rings (SSSR count). The van der Waals surface area contributed by atoms with Gasteiger partial charge >= 0.3 is 0 Å². The van der Waals surface area contributed by atoms with Crippen LogP contribution in [0, 0.1) is 6.92 Å². The van der Waals surface area contributed by atoms with Gasteiger partial charge in [-0.1, -0.05) is 5.16 Å². The zero-order chi connectivity index (χ0) is 16.2. The number of aryl methyl sites for hydroxylation is 1. The van der Waals surface area contributed by atoms with E-state index in [1.165, 1.54) is 0 Å². The van der Waals surface area contributed by atoms with Gasteiger partial charge in [-0.05, 0) is 26.0 Å². The van der Waals surface area contributed by atoms with E-state index in [4.69, 9.17) is 9.26 Å². The Bertz CT molecular complexity index is 825. The molecule has 0 saturated carbocycles. The van der Waals surface area contributed by atoms with Crippen molar-refractivity contribution < 1.29 is 14.1 Å². The van der Waals surface area contributed by atoms with Gasteiger partial charge in [0.1, 0.15) is 6.61 Å². The summed E-state index contributed by atoms with van der Waals surface area (Å²) < 4.78 is 12.0. The largest absolute Gasteiger partial charge is 0.372 e. The van der Waals surface area contributed by atoms with Crippen LogP contribution in [0.4, 0.5) is 0 Å². The molecule has 3 aromatic rings.